The number of benzene rings is 2. The molecule has 5 aromatic rings. The molecule has 170 valence electrons. The van der Waals surface area contributed by atoms with Gasteiger partial charge in [-0.2, -0.15) is 4.40 Å². The van der Waals surface area contributed by atoms with Crippen LogP contribution in [0.1, 0.15) is 58.2 Å². The van der Waals surface area contributed by atoms with Crippen molar-refractivity contribution in [2.75, 3.05) is 0 Å². The molecule has 0 saturated carbocycles. The molecule has 0 aliphatic carbocycles. The lowest BCUT2D eigenvalue weighted by Gasteiger charge is -2.24. The average molecular weight is 439 g/mol. The van der Waals surface area contributed by atoms with E-state index in [1.54, 1.807) is 0 Å². The second-order valence-electron chi connectivity index (χ2n) is 12.2. The summed E-state index contributed by atoms with van der Waals surface area (Å²) < 4.78 is 4.85. The van der Waals surface area contributed by atoms with Crippen LogP contribution in [-0.2, 0) is 19.9 Å². The standard InChI is InChI=1S/C30H36N3/c1-19-13-14-31-27-22-11-9-10-12-23(22)33-25-16-21(18-30(5,6)7)20(17-29(2,3)4)15-24(25)32(8)28(33)26(19)27/h9-16H,17-18H2,1-8H3/q+1. The highest BCUT2D eigenvalue weighted by Gasteiger charge is 2.27. The fourth-order valence-electron chi connectivity index (χ4n) is 5.40. The number of imidazole rings is 1. The summed E-state index contributed by atoms with van der Waals surface area (Å²) in [6, 6.07) is 15.8. The van der Waals surface area contributed by atoms with Gasteiger partial charge in [-0.1, -0.05) is 53.7 Å². The minimum atomic E-state index is 0.227. The first-order valence-corrected chi connectivity index (χ1v) is 12.1. The number of pyridine rings is 2. The van der Waals surface area contributed by atoms with Crippen LogP contribution >= 0.6 is 0 Å². The summed E-state index contributed by atoms with van der Waals surface area (Å²) in [7, 11) is 2.21. The van der Waals surface area contributed by atoms with E-state index in [1.807, 2.05) is 6.20 Å². The summed E-state index contributed by atoms with van der Waals surface area (Å²) >= 11 is 0. The number of aromatic nitrogens is 3. The highest BCUT2D eigenvalue weighted by molar-refractivity contribution is 6.11. The molecular formula is C30H36N3+. The molecule has 3 aromatic heterocycles. The van der Waals surface area contributed by atoms with E-state index in [-0.39, 0.29) is 10.8 Å². The van der Waals surface area contributed by atoms with E-state index in [9.17, 15) is 0 Å². The molecule has 0 unspecified atom stereocenters. The Morgan fingerprint density at radius 3 is 2.15 bits per heavy atom. The van der Waals surface area contributed by atoms with Crippen LogP contribution in [0.25, 0.3) is 38.5 Å². The van der Waals surface area contributed by atoms with Gasteiger partial charge in [0.2, 0.25) is 0 Å². The number of hydrogen-bond acceptors (Lipinski definition) is 1. The number of hydrogen-bond donors (Lipinski definition) is 0. The molecular weight excluding hydrogens is 402 g/mol. The molecule has 0 radical (unpaired) electrons. The van der Waals surface area contributed by atoms with Crippen LogP contribution in [0.4, 0.5) is 0 Å². The molecule has 0 spiro atoms. The Morgan fingerprint density at radius 1 is 0.848 bits per heavy atom. The van der Waals surface area contributed by atoms with Gasteiger partial charge < -0.3 is 0 Å². The van der Waals surface area contributed by atoms with Crippen molar-refractivity contribution in [3.8, 4) is 0 Å². The van der Waals surface area contributed by atoms with Crippen molar-refractivity contribution >= 4 is 38.5 Å². The lowest BCUT2D eigenvalue weighted by molar-refractivity contribution is -0.617. The highest BCUT2D eigenvalue weighted by atomic mass is 15.1. The Hall–Kier alpha value is -2.94. The largest absolute Gasteiger partial charge is 0.297 e. The molecule has 0 saturated heterocycles. The topological polar surface area (TPSA) is 21.2 Å². The second kappa shape index (κ2) is 7.28. The van der Waals surface area contributed by atoms with Crippen LogP contribution in [0.3, 0.4) is 0 Å². The molecule has 5 rings (SSSR count). The van der Waals surface area contributed by atoms with E-state index in [1.165, 1.54) is 49.7 Å². The zero-order valence-electron chi connectivity index (χ0n) is 21.4. The van der Waals surface area contributed by atoms with Crippen LogP contribution < -0.4 is 4.57 Å². The number of rotatable bonds is 2. The molecule has 0 N–H and O–H groups in total. The van der Waals surface area contributed by atoms with Crippen LogP contribution in [0.15, 0.2) is 48.7 Å². The highest BCUT2D eigenvalue weighted by Crippen LogP contribution is 2.35. The summed E-state index contributed by atoms with van der Waals surface area (Å²) in [5.41, 5.74) is 10.8. The van der Waals surface area contributed by atoms with E-state index >= 15 is 0 Å². The predicted molar refractivity (Wildman–Crippen MR) is 140 cm³/mol. The van der Waals surface area contributed by atoms with Gasteiger partial charge in [0, 0.05) is 11.6 Å². The lowest BCUT2D eigenvalue weighted by atomic mass is 9.81. The van der Waals surface area contributed by atoms with Crippen molar-refractivity contribution in [2.24, 2.45) is 17.9 Å². The predicted octanol–water partition coefficient (Wildman–Crippen LogP) is 7.10. The van der Waals surface area contributed by atoms with Gasteiger partial charge in [-0.3, -0.25) is 4.98 Å². The summed E-state index contributed by atoms with van der Waals surface area (Å²) in [5, 5.41) is 2.45. The van der Waals surface area contributed by atoms with Gasteiger partial charge in [-0.15, -0.1) is 0 Å². The monoisotopic (exact) mass is 438 g/mol. The smallest absolute Gasteiger partial charge is 0.255 e. The Bertz CT molecular complexity index is 1540. The van der Waals surface area contributed by atoms with Gasteiger partial charge in [-0.25, -0.2) is 4.57 Å². The summed E-state index contributed by atoms with van der Waals surface area (Å²) in [6.45, 7) is 16.2. The molecule has 2 aromatic carbocycles. The molecule has 33 heavy (non-hydrogen) atoms. The van der Waals surface area contributed by atoms with Crippen LogP contribution in [0.2, 0.25) is 0 Å². The molecule has 0 bridgehead atoms. The second-order valence-corrected chi connectivity index (χ2v) is 12.2. The van der Waals surface area contributed by atoms with Gasteiger partial charge in [0.25, 0.3) is 5.65 Å². The third-order valence-corrected chi connectivity index (χ3v) is 6.65. The number of aryl methyl sites for hydroxylation is 2. The van der Waals surface area contributed by atoms with Crippen molar-refractivity contribution < 1.29 is 4.57 Å². The minimum Gasteiger partial charge on any atom is -0.255 e. The Morgan fingerprint density at radius 2 is 1.48 bits per heavy atom. The number of para-hydroxylation sites is 1. The molecule has 0 aliphatic heterocycles. The first-order valence-electron chi connectivity index (χ1n) is 12.1. The van der Waals surface area contributed by atoms with Gasteiger partial charge in [0.05, 0.1) is 18.0 Å². The Kier molecular flexibility index (Phi) is 4.83. The summed E-state index contributed by atoms with van der Waals surface area (Å²) in [4.78, 5) is 4.84. The van der Waals surface area contributed by atoms with E-state index < -0.39 is 0 Å². The fraction of sp³-hybridized carbons (Fsp3) is 0.400. The van der Waals surface area contributed by atoms with Crippen molar-refractivity contribution in [3.63, 3.8) is 0 Å². The normalized spacial score (nSPS) is 13.1. The maximum Gasteiger partial charge on any atom is 0.297 e. The van der Waals surface area contributed by atoms with Crippen molar-refractivity contribution in [1.29, 1.82) is 0 Å². The lowest BCUT2D eigenvalue weighted by Crippen LogP contribution is -2.28. The molecule has 0 amide bonds. The van der Waals surface area contributed by atoms with Crippen LogP contribution in [0, 0.1) is 17.8 Å². The average Bonchev–Trinajstić information content (AvgIpc) is 2.98. The summed E-state index contributed by atoms with van der Waals surface area (Å²) in [5.74, 6) is 0. The maximum atomic E-state index is 4.84. The van der Waals surface area contributed by atoms with Gasteiger partial charge >= 0.3 is 0 Å². The molecule has 0 fully saturated rings. The zero-order chi connectivity index (χ0) is 23.7. The molecule has 3 heterocycles. The molecule has 0 atom stereocenters. The van der Waals surface area contributed by atoms with Crippen molar-refractivity contribution in [3.05, 3.63) is 65.4 Å². The maximum absolute atomic E-state index is 4.84. The van der Waals surface area contributed by atoms with Crippen LogP contribution in [-0.4, -0.2) is 9.38 Å². The van der Waals surface area contributed by atoms with E-state index in [0.29, 0.717) is 0 Å². The SMILES string of the molecule is Cc1ccnc2c3ccccc3n3c4cc(CC(C)(C)C)c(CC(C)(C)C)cc4[n+](C)c3c12. The Labute approximate surface area is 197 Å². The number of nitrogens with zero attached hydrogens (tertiary/aromatic N) is 3. The van der Waals surface area contributed by atoms with Crippen LogP contribution in [0.5, 0.6) is 0 Å². The van der Waals surface area contributed by atoms with E-state index in [2.05, 4.69) is 107 Å². The molecule has 3 heteroatoms. The van der Waals surface area contributed by atoms with E-state index in [0.717, 1.165) is 18.4 Å². The van der Waals surface area contributed by atoms with Gasteiger partial charge in [0.1, 0.15) is 5.52 Å². The quantitative estimate of drug-likeness (QED) is 0.213. The summed E-state index contributed by atoms with van der Waals surface area (Å²) in [6.07, 6.45) is 4.08. The van der Waals surface area contributed by atoms with Crippen molar-refractivity contribution in [1.82, 2.24) is 9.38 Å². The zero-order valence-corrected chi connectivity index (χ0v) is 21.4. The molecule has 0 aliphatic rings. The van der Waals surface area contributed by atoms with Crippen molar-refractivity contribution in [2.45, 2.75) is 61.3 Å². The first-order chi connectivity index (χ1) is 15.4. The first kappa shape index (κ1) is 21.9. The van der Waals surface area contributed by atoms with E-state index in [4.69, 9.17) is 4.98 Å². The van der Waals surface area contributed by atoms with Gasteiger partial charge in [-0.05, 0) is 77.6 Å². The third kappa shape index (κ3) is 3.68. The van der Waals surface area contributed by atoms with Gasteiger partial charge in [0.15, 0.2) is 11.0 Å². The third-order valence-electron chi connectivity index (χ3n) is 6.65. The molecule has 3 nitrogen and oxygen atoms in total. The number of fused-ring (bicyclic) bond motifs is 8. The minimum absolute atomic E-state index is 0.227. The fourth-order valence-corrected chi connectivity index (χ4v) is 5.40. The Balaban J connectivity index is 2.00.